The zero-order chi connectivity index (χ0) is 14.7. The smallest absolute Gasteiger partial charge is 0.183 e. The molecular weight excluding hydrogens is 280 g/mol. The van der Waals surface area contributed by atoms with Crippen molar-refractivity contribution >= 4 is 16.5 Å². The van der Waals surface area contributed by atoms with Gasteiger partial charge in [-0.25, -0.2) is 4.98 Å². The number of hydrogen-bond acceptors (Lipinski definition) is 4. The predicted octanol–water partition coefficient (Wildman–Crippen LogP) is 3.51. The minimum Gasteiger partial charge on any atom is -0.361 e. The van der Waals surface area contributed by atoms with E-state index in [1.54, 1.807) is 11.3 Å². The van der Waals surface area contributed by atoms with E-state index in [0.29, 0.717) is 0 Å². The van der Waals surface area contributed by atoms with E-state index in [1.807, 2.05) is 30.9 Å². The Bertz CT molecular complexity index is 715. The van der Waals surface area contributed by atoms with Gasteiger partial charge in [0.15, 0.2) is 5.13 Å². The van der Waals surface area contributed by atoms with Gasteiger partial charge in [0.25, 0.3) is 0 Å². The lowest BCUT2D eigenvalue weighted by Gasteiger charge is -2.02. The molecule has 1 aromatic carbocycles. The molecule has 2 heterocycles. The number of aromatic nitrogens is 3. The van der Waals surface area contributed by atoms with Gasteiger partial charge in [0.2, 0.25) is 0 Å². The van der Waals surface area contributed by atoms with E-state index in [9.17, 15) is 0 Å². The SMILES string of the molecule is Cc1nn(C)cc1-c1csc(NCCc2ccccc2)n1. The molecule has 21 heavy (non-hydrogen) atoms. The third kappa shape index (κ3) is 3.31. The second-order valence-corrected chi connectivity index (χ2v) is 5.86. The molecule has 5 heteroatoms. The lowest BCUT2D eigenvalue weighted by Crippen LogP contribution is -2.04. The average molecular weight is 298 g/mol. The van der Waals surface area contributed by atoms with Gasteiger partial charge in [-0.3, -0.25) is 4.68 Å². The third-order valence-electron chi connectivity index (χ3n) is 3.33. The minimum absolute atomic E-state index is 0.892. The van der Waals surface area contributed by atoms with Gasteiger partial charge in [-0.1, -0.05) is 30.3 Å². The van der Waals surface area contributed by atoms with Crippen LogP contribution in [0.25, 0.3) is 11.3 Å². The number of anilines is 1. The highest BCUT2D eigenvalue weighted by molar-refractivity contribution is 7.14. The van der Waals surface area contributed by atoms with Crippen molar-refractivity contribution in [3.8, 4) is 11.3 Å². The molecule has 0 unspecified atom stereocenters. The maximum atomic E-state index is 4.64. The van der Waals surface area contributed by atoms with Crippen LogP contribution in [0.3, 0.4) is 0 Å². The Kier molecular flexibility index (Phi) is 4.01. The number of thiazole rings is 1. The van der Waals surface area contributed by atoms with Gasteiger partial charge in [0, 0.05) is 30.7 Å². The van der Waals surface area contributed by atoms with E-state index in [0.717, 1.165) is 35.0 Å². The van der Waals surface area contributed by atoms with Crippen LogP contribution in [-0.4, -0.2) is 21.3 Å². The van der Waals surface area contributed by atoms with Crippen molar-refractivity contribution < 1.29 is 0 Å². The second-order valence-electron chi connectivity index (χ2n) is 5.00. The molecule has 108 valence electrons. The van der Waals surface area contributed by atoms with Crippen molar-refractivity contribution in [2.45, 2.75) is 13.3 Å². The van der Waals surface area contributed by atoms with Crippen LogP contribution in [0.15, 0.2) is 41.9 Å². The molecule has 1 N–H and O–H groups in total. The number of nitrogens with one attached hydrogen (secondary N) is 1. The molecule has 0 spiro atoms. The summed E-state index contributed by atoms with van der Waals surface area (Å²) in [5.41, 5.74) is 4.45. The van der Waals surface area contributed by atoms with Crippen LogP contribution in [-0.2, 0) is 13.5 Å². The summed E-state index contributed by atoms with van der Waals surface area (Å²) in [6.45, 7) is 2.90. The largest absolute Gasteiger partial charge is 0.361 e. The number of aryl methyl sites for hydroxylation is 2. The Labute approximate surface area is 128 Å². The summed E-state index contributed by atoms with van der Waals surface area (Å²) in [6, 6.07) is 10.5. The highest BCUT2D eigenvalue weighted by Gasteiger charge is 2.09. The molecule has 0 amide bonds. The first kappa shape index (κ1) is 13.8. The Hall–Kier alpha value is -2.14. The maximum absolute atomic E-state index is 4.64. The third-order valence-corrected chi connectivity index (χ3v) is 4.13. The van der Waals surface area contributed by atoms with Crippen LogP contribution in [0.4, 0.5) is 5.13 Å². The molecule has 3 rings (SSSR count). The van der Waals surface area contributed by atoms with Crippen molar-refractivity contribution in [3.63, 3.8) is 0 Å². The number of hydrogen-bond donors (Lipinski definition) is 1. The van der Waals surface area contributed by atoms with Gasteiger partial charge in [0.05, 0.1) is 11.4 Å². The summed E-state index contributed by atoms with van der Waals surface area (Å²) in [7, 11) is 1.93. The summed E-state index contributed by atoms with van der Waals surface area (Å²) < 4.78 is 1.83. The highest BCUT2D eigenvalue weighted by atomic mass is 32.1. The topological polar surface area (TPSA) is 42.7 Å². The summed E-state index contributed by atoms with van der Waals surface area (Å²) in [4.78, 5) is 4.64. The van der Waals surface area contributed by atoms with Gasteiger partial charge in [-0.2, -0.15) is 5.10 Å². The molecule has 0 fully saturated rings. The van der Waals surface area contributed by atoms with E-state index in [2.05, 4.69) is 45.0 Å². The van der Waals surface area contributed by atoms with E-state index >= 15 is 0 Å². The fourth-order valence-electron chi connectivity index (χ4n) is 2.29. The molecule has 3 aromatic rings. The first-order valence-corrected chi connectivity index (χ1v) is 7.84. The van der Waals surface area contributed by atoms with E-state index < -0.39 is 0 Å². The fourth-order valence-corrected chi connectivity index (χ4v) is 3.03. The number of nitrogens with zero attached hydrogens (tertiary/aromatic N) is 3. The van der Waals surface area contributed by atoms with Gasteiger partial charge < -0.3 is 5.32 Å². The molecule has 0 saturated carbocycles. The summed E-state index contributed by atoms with van der Waals surface area (Å²) in [6.07, 6.45) is 3.01. The predicted molar refractivity (Wildman–Crippen MR) is 87.7 cm³/mol. The van der Waals surface area contributed by atoms with Crippen LogP contribution < -0.4 is 5.32 Å². The van der Waals surface area contributed by atoms with E-state index in [1.165, 1.54) is 5.56 Å². The summed E-state index contributed by atoms with van der Waals surface area (Å²) in [5.74, 6) is 0. The lowest BCUT2D eigenvalue weighted by atomic mass is 10.1. The molecule has 0 bridgehead atoms. The molecule has 0 aliphatic rings. The summed E-state index contributed by atoms with van der Waals surface area (Å²) in [5, 5.41) is 10.8. The van der Waals surface area contributed by atoms with Crippen LogP contribution >= 0.6 is 11.3 Å². The molecule has 4 nitrogen and oxygen atoms in total. The molecule has 0 aliphatic carbocycles. The zero-order valence-electron chi connectivity index (χ0n) is 12.2. The van der Waals surface area contributed by atoms with Crippen molar-refractivity contribution in [2.24, 2.45) is 7.05 Å². The van der Waals surface area contributed by atoms with Crippen molar-refractivity contribution in [1.82, 2.24) is 14.8 Å². The van der Waals surface area contributed by atoms with Crippen LogP contribution in [0.1, 0.15) is 11.3 Å². The van der Waals surface area contributed by atoms with Gasteiger partial charge in [-0.15, -0.1) is 11.3 Å². The lowest BCUT2D eigenvalue weighted by molar-refractivity contribution is 0.756. The quantitative estimate of drug-likeness (QED) is 0.784. The molecule has 2 aromatic heterocycles. The number of benzene rings is 1. The van der Waals surface area contributed by atoms with Crippen molar-refractivity contribution in [3.05, 3.63) is 53.2 Å². The van der Waals surface area contributed by atoms with Crippen LogP contribution in [0.5, 0.6) is 0 Å². The average Bonchev–Trinajstić information content (AvgIpc) is 3.06. The number of rotatable bonds is 5. The first-order chi connectivity index (χ1) is 10.2. The van der Waals surface area contributed by atoms with Gasteiger partial charge in [-0.05, 0) is 18.9 Å². The Morgan fingerprint density at radius 1 is 1.24 bits per heavy atom. The molecular formula is C16H18N4S. The monoisotopic (exact) mass is 298 g/mol. The highest BCUT2D eigenvalue weighted by Crippen LogP contribution is 2.26. The molecule has 0 saturated heterocycles. The Morgan fingerprint density at radius 3 is 2.76 bits per heavy atom. The summed E-state index contributed by atoms with van der Waals surface area (Å²) >= 11 is 1.64. The maximum Gasteiger partial charge on any atom is 0.183 e. The molecule has 0 aliphatic heterocycles. The second kappa shape index (κ2) is 6.10. The fraction of sp³-hybridized carbons (Fsp3) is 0.250. The zero-order valence-corrected chi connectivity index (χ0v) is 13.0. The van der Waals surface area contributed by atoms with E-state index in [-0.39, 0.29) is 0 Å². The Balaban J connectivity index is 1.62. The molecule has 0 radical (unpaired) electrons. The van der Waals surface area contributed by atoms with E-state index in [4.69, 9.17) is 0 Å². The van der Waals surface area contributed by atoms with Gasteiger partial charge in [0.1, 0.15) is 0 Å². The van der Waals surface area contributed by atoms with Gasteiger partial charge >= 0.3 is 0 Å². The molecule has 0 atom stereocenters. The van der Waals surface area contributed by atoms with Crippen molar-refractivity contribution in [1.29, 1.82) is 0 Å². The minimum atomic E-state index is 0.892. The van der Waals surface area contributed by atoms with Crippen LogP contribution in [0, 0.1) is 6.92 Å². The van der Waals surface area contributed by atoms with Crippen molar-refractivity contribution in [2.75, 3.05) is 11.9 Å². The Morgan fingerprint density at radius 2 is 2.05 bits per heavy atom. The normalized spacial score (nSPS) is 10.8. The standard InChI is InChI=1S/C16H18N4S/c1-12-14(10-20(2)19-12)15-11-21-16(18-15)17-9-8-13-6-4-3-5-7-13/h3-7,10-11H,8-9H2,1-2H3,(H,17,18). The first-order valence-electron chi connectivity index (χ1n) is 6.96. The van der Waals surface area contributed by atoms with Crippen LogP contribution in [0.2, 0.25) is 0 Å².